The first-order valence-electron chi connectivity index (χ1n) is 7.82. The number of nitrogens with one attached hydrogen (secondary N) is 3. The van der Waals surface area contributed by atoms with Crippen LogP contribution in [0.5, 0.6) is 0 Å². The quantitative estimate of drug-likeness (QED) is 0.204. The number of aliphatic hydroxyl groups excluding tert-OH is 1. The Morgan fingerprint density at radius 2 is 1.64 bits per heavy atom. The van der Waals surface area contributed by atoms with Crippen molar-refractivity contribution in [3.8, 4) is 0 Å². The molecule has 0 aliphatic carbocycles. The van der Waals surface area contributed by atoms with Crippen LogP contribution < -0.4 is 16.0 Å². The highest BCUT2D eigenvalue weighted by Gasteiger charge is 2.26. The van der Waals surface area contributed by atoms with Crippen LogP contribution in [0.25, 0.3) is 0 Å². The van der Waals surface area contributed by atoms with Gasteiger partial charge in [-0.15, -0.1) is 0 Å². The van der Waals surface area contributed by atoms with Crippen molar-refractivity contribution in [3.63, 3.8) is 0 Å². The molecule has 0 saturated heterocycles. The molecule has 0 radical (unpaired) electrons. The van der Waals surface area contributed by atoms with E-state index >= 15 is 0 Å². The predicted molar refractivity (Wildman–Crippen MR) is 93.2 cm³/mol. The van der Waals surface area contributed by atoms with E-state index in [1.54, 1.807) is 0 Å². The minimum atomic E-state index is -1.23. The number of carboxylic acid groups (broad SMARTS) is 1. The summed E-state index contributed by atoms with van der Waals surface area (Å²) >= 11 is 3.93. The van der Waals surface area contributed by atoms with Crippen molar-refractivity contribution < 1.29 is 29.4 Å². The van der Waals surface area contributed by atoms with Gasteiger partial charge in [0.1, 0.15) is 18.6 Å². The van der Waals surface area contributed by atoms with Gasteiger partial charge in [0.05, 0.1) is 13.2 Å². The van der Waals surface area contributed by atoms with E-state index in [0.717, 1.165) is 0 Å². The molecule has 25 heavy (non-hydrogen) atoms. The normalized spacial score (nSPS) is 13.0. The lowest BCUT2D eigenvalue weighted by molar-refractivity contribution is -0.138. The van der Waals surface area contributed by atoms with Crippen molar-refractivity contribution in [1.82, 2.24) is 20.9 Å². The lowest BCUT2D eigenvalue weighted by Crippen LogP contribution is -2.56. The predicted octanol–water partition coefficient (Wildman–Crippen LogP) is -2.58. The van der Waals surface area contributed by atoms with Crippen LogP contribution in [0.3, 0.4) is 0 Å². The molecule has 0 aromatic carbocycles. The summed E-state index contributed by atoms with van der Waals surface area (Å²) in [6.07, 6.45) is 0. The fourth-order valence-electron chi connectivity index (χ4n) is 1.84. The minimum absolute atomic E-state index is 0.0753. The summed E-state index contributed by atoms with van der Waals surface area (Å²) in [5.41, 5.74) is 0. The molecule has 144 valence electrons. The number of rotatable bonds is 12. The number of hydrogen-bond donors (Lipinski definition) is 6. The summed E-state index contributed by atoms with van der Waals surface area (Å²) in [5.74, 6) is -3.23. The first-order chi connectivity index (χ1) is 11.8. The zero-order valence-corrected chi connectivity index (χ0v) is 15.2. The Morgan fingerprint density at radius 3 is 2.08 bits per heavy atom. The van der Waals surface area contributed by atoms with Crippen molar-refractivity contribution in [2.24, 2.45) is 0 Å². The maximum absolute atomic E-state index is 12.1. The molecule has 0 aromatic heterocycles. The first kappa shape index (κ1) is 23.1. The Bertz CT molecular complexity index is 472. The van der Waals surface area contributed by atoms with Gasteiger partial charge in [-0.2, -0.15) is 12.6 Å². The van der Waals surface area contributed by atoms with Crippen LogP contribution in [0.4, 0.5) is 0 Å². The van der Waals surface area contributed by atoms with Crippen LogP contribution >= 0.6 is 12.6 Å². The molecule has 0 fully saturated rings. The van der Waals surface area contributed by atoms with Gasteiger partial charge in [-0.05, 0) is 13.1 Å². The molecule has 2 atom stereocenters. The number of carboxylic acids is 1. The Morgan fingerprint density at radius 1 is 1.04 bits per heavy atom. The van der Waals surface area contributed by atoms with Crippen molar-refractivity contribution in [1.29, 1.82) is 0 Å². The van der Waals surface area contributed by atoms with Crippen LogP contribution in [0, 0.1) is 0 Å². The average Bonchev–Trinajstić information content (AvgIpc) is 2.59. The van der Waals surface area contributed by atoms with E-state index in [2.05, 4.69) is 28.6 Å². The molecule has 3 amide bonds. The summed E-state index contributed by atoms with van der Waals surface area (Å²) in [7, 11) is 0. The number of carbonyl (C=O) groups is 4. The van der Waals surface area contributed by atoms with E-state index in [0.29, 0.717) is 13.1 Å². The number of likely N-dealkylation sites (N-methyl/N-ethyl adjacent to an activating group) is 1. The summed E-state index contributed by atoms with van der Waals surface area (Å²) in [4.78, 5) is 48.1. The molecule has 11 heteroatoms. The van der Waals surface area contributed by atoms with Crippen molar-refractivity contribution in [2.75, 3.05) is 38.5 Å². The Kier molecular flexibility index (Phi) is 11.6. The Labute approximate surface area is 151 Å². The summed E-state index contributed by atoms with van der Waals surface area (Å²) in [5, 5.41) is 24.7. The standard InChI is InChI=1S/C14H26N4O6S/c1-3-18(4-2)6-11(20)16-9(7-19)14(24)17-10(8-25)13(23)15-5-12(21)22/h9-10,19,25H,3-8H2,1-2H3,(H,15,23)(H,16,20)(H,17,24)(H,21,22)/t9-,10-/m0/s1. The highest BCUT2D eigenvalue weighted by atomic mass is 32.1. The van der Waals surface area contributed by atoms with Crippen LogP contribution in [0.1, 0.15) is 13.8 Å². The topological polar surface area (TPSA) is 148 Å². The first-order valence-corrected chi connectivity index (χ1v) is 8.45. The third kappa shape index (κ3) is 9.27. The van der Waals surface area contributed by atoms with Crippen molar-refractivity contribution in [3.05, 3.63) is 0 Å². The van der Waals surface area contributed by atoms with E-state index in [4.69, 9.17) is 5.11 Å². The highest BCUT2D eigenvalue weighted by Crippen LogP contribution is 1.93. The fraction of sp³-hybridized carbons (Fsp3) is 0.714. The molecule has 0 saturated carbocycles. The molecule has 0 aromatic rings. The number of carbonyl (C=O) groups excluding carboxylic acids is 3. The second-order valence-electron chi connectivity index (χ2n) is 5.12. The third-order valence-corrected chi connectivity index (χ3v) is 3.69. The molecule has 5 N–H and O–H groups in total. The number of aliphatic carboxylic acids is 1. The van der Waals surface area contributed by atoms with Crippen molar-refractivity contribution in [2.45, 2.75) is 25.9 Å². The van der Waals surface area contributed by atoms with Crippen LogP contribution in [0.15, 0.2) is 0 Å². The van der Waals surface area contributed by atoms with Gasteiger partial charge in [0, 0.05) is 5.75 Å². The summed E-state index contributed by atoms with van der Waals surface area (Å²) < 4.78 is 0. The van der Waals surface area contributed by atoms with Crippen LogP contribution in [0.2, 0.25) is 0 Å². The van der Waals surface area contributed by atoms with Crippen LogP contribution in [-0.2, 0) is 19.2 Å². The zero-order chi connectivity index (χ0) is 19.4. The van der Waals surface area contributed by atoms with E-state index < -0.39 is 48.9 Å². The van der Waals surface area contributed by atoms with Gasteiger partial charge in [0.25, 0.3) is 0 Å². The summed E-state index contributed by atoms with van der Waals surface area (Å²) in [6, 6.07) is -2.32. The van der Waals surface area contributed by atoms with Gasteiger partial charge < -0.3 is 26.2 Å². The molecule has 0 heterocycles. The van der Waals surface area contributed by atoms with Gasteiger partial charge in [0.2, 0.25) is 17.7 Å². The largest absolute Gasteiger partial charge is 0.480 e. The second kappa shape index (κ2) is 12.5. The lowest BCUT2D eigenvalue weighted by Gasteiger charge is -2.22. The number of aliphatic hydroxyl groups is 1. The smallest absolute Gasteiger partial charge is 0.322 e. The molecule has 0 bridgehead atoms. The molecule has 0 spiro atoms. The average molecular weight is 378 g/mol. The van der Waals surface area contributed by atoms with E-state index in [1.165, 1.54) is 0 Å². The molecular formula is C14H26N4O6S. The third-order valence-electron chi connectivity index (χ3n) is 3.33. The minimum Gasteiger partial charge on any atom is -0.480 e. The zero-order valence-electron chi connectivity index (χ0n) is 14.3. The molecule has 0 unspecified atom stereocenters. The van der Waals surface area contributed by atoms with Gasteiger partial charge >= 0.3 is 5.97 Å². The Balaban J connectivity index is 4.66. The van der Waals surface area contributed by atoms with E-state index in [9.17, 15) is 24.3 Å². The monoisotopic (exact) mass is 378 g/mol. The Hall–Kier alpha value is -1.85. The fourth-order valence-corrected chi connectivity index (χ4v) is 2.09. The van der Waals surface area contributed by atoms with Gasteiger partial charge in [0.15, 0.2) is 0 Å². The molecule has 10 nitrogen and oxygen atoms in total. The maximum atomic E-state index is 12.1. The number of nitrogens with zero attached hydrogens (tertiary/aromatic N) is 1. The number of amides is 3. The van der Waals surface area contributed by atoms with Gasteiger partial charge in [-0.3, -0.25) is 24.1 Å². The van der Waals surface area contributed by atoms with Gasteiger partial charge in [-0.25, -0.2) is 0 Å². The molecular weight excluding hydrogens is 352 g/mol. The highest BCUT2D eigenvalue weighted by molar-refractivity contribution is 7.80. The molecule has 0 aliphatic rings. The lowest BCUT2D eigenvalue weighted by atomic mass is 10.2. The van der Waals surface area contributed by atoms with E-state index in [-0.39, 0.29) is 12.3 Å². The van der Waals surface area contributed by atoms with E-state index in [1.807, 2.05) is 18.7 Å². The number of thiol groups is 1. The van der Waals surface area contributed by atoms with Crippen LogP contribution in [-0.4, -0.2) is 89.4 Å². The summed E-state index contributed by atoms with van der Waals surface area (Å²) in [6.45, 7) is 3.93. The van der Waals surface area contributed by atoms with Gasteiger partial charge in [-0.1, -0.05) is 13.8 Å². The number of hydrogen-bond acceptors (Lipinski definition) is 7. The van der Waals surface area contributed by atoms with Crippen molar-refractivity contribution >= 4 is 36.3 Å². The maximum Gasteiger partial charge on any atom is 0.322 e. The SMILES string of the molecule is CCN(CC)CC(=O)N[C@@H](CO)C(=O)N[C@@H](CS)C(=O)NCC(=O)O. The second-order valence-corrected chi connectivity index (χ2v) is 5.48. The molecule has 0 rings (SSSR count). The molecule has 0 aliphatic heterocycles.